The zero-order chi connectivity index (χ0) is 10.3. The molecule has 0 heterocycles. The minimum atomic E-state index is 0.113. The molecule has 2 heteroatoms. The molecule has 0 radical (unpaired) electrons. The molecule has 0 aliphatic heterocycles. The van der Waals surface area contributed by atoms with E-state index in [-0.39, 0.29) is 5.91 Å². The molecule has 2 aliphatic rings. The topological polar surface area (TPSA) is 29.1 Å². The lowest BCUT2D eigenvalue weighted by Gasteiger charge is -2.31. The minimum Gasteiger partial charge on any atom is -0.353 e. The third-order valence-corrected chi connectivity index (χ3v) is 3.66. The number of nitrogens with one attached hydrogen (secondary N) is 1. The molecule has 1 saturated carbocycles. The molecule has 4 unspecified atom stereocenters. The van der Waals surface area contributed by atoms with Crippen molar-refractivity contribution in [1.29, 1.82) is 0 Å². The van der Waals surface area contributed by atoms with Crippen LogP contribution in [0.2, 0.25) is 0 Å². The summed E-state index contributed by atoms with van der Waals surface area (Å²) in [5.41, 5.74) is 0. The Morgan fingerprint density at radius 1 is 1.36 bits per heavy atom. The maximum absolute atomic E-state index is 11.1. The summed E-state index contributed by atoms with van der Waals surface area (Å²) in [5, 5.41) is 3.11. The Balaban J connectivity index is 2.14. The van der Waals surface area contributed by atoms with E-state index < -0.39 is 0 Å². The van der Waals surface area contributed by atoms with Gasteiger partial charge in [-0.25, -0.2) is 0 Å². The Morgan fingerprint density at radius 3 is 2.57 bits per heavy atom. The van der Waals surface area contributed by atoms with Crippen LogP contribution < -0.4 is 5.32 Å². The predicted molar refractivity (Wildman–Crippen MR) is 56.7 cm³/mol. The predicted octanol–water partition coefficient (Wildman–Crippen LogP) is 1.97. The maximum atomic E-state index is 11.1. The molecule has 0 aromatic carbocycles. The molecule has 2 aliphatic carbocycles. The number of carbonyl (C=O) groups excluding carboxylic acids is 1. The Kier molecular flexibility index (Phi) is 2.38. The van der Waals surface area contributed by atoms with Crippen LogP contribution in [0, 0.1) is 23.7 Å². The van der Waals surface area contributed by atoms with E-state index in [0.29, 0.717) is 29.7 Å². The van der Waals surface area contributed by atoms with Crippen LogP contribution in [0.1, 0.15) is 27.2 Å². The molecule has 1 amide bonds. The van der Waals surface area contributed by atoms with Crippen LogP contribution in [0.15, 0.2) is 12.2 Å². The third-order valence-electron chi connectivity index (χ3n) is 3.66. The van der Waals surface area contributed by atoms with Crippen LogP contribution >= 0.6 is 0 Å². The van der Waals surface area contributed by atoms with E-state index in [9.17, 15) is 4.79 Å². The van der Waals surface area contributed by atoms with E-state index in [0.717, 1.165) is 0 Å². The highest BCUT2D eigenvalue weighted by atomic mass is 16.1. The van der Waals surface area contributed by atoms with Crippen molar-refractivity contribution in [3.05, 3.63) is 12.2 Å². The lowest BCUT2D eigenvalue weighted by atomic mass is 9.80. The first kappa shape index (κ1) is 9.75. The van der Waals surface area contributed by atoms with E-state index in [1.807, 2.05) is 0 Å². The molecule has 0 saturated heterocycles. The number of hydrogen-bond donors (Lipinski definition) is 1. The van der Waals surface area contributed by atoms with Crippen molar-refractivity contribution in [2.24, 2.45) is 23.7 Å². The highest BCUT2D eigenvalue weighted by Gasteiger charge is 2.45. The molecular formula is C12H19NO. The molecule has 1 N–H and O–H groups in total. The van der Waals surface area contributed by atoms with Gasteiger partial charge in [0.25, 0.3) is 0 Å². The van der Waals surface area contributed by atoms with E-state index >= 15 is 0 Å². The van der Waals surface area contributed by atoms with E-state index in [1.165, 1.54) is 6.42 Å². The van der Waals surface area contributed by atoms with Crippen molar-refractivity contribution in [1.82, 2.24) is 5.32 Å². The molecule has 78 valence electrons. The fourth-order valence-corrected chi connectivity index (χ4v) is 3.21. The summed E-state index contributed by atoms with van der Waals surface area (Å²) in [6.07, 6.45) is 5.87. The molecule has 14 heavy (non-hydrogen) atoms. The normalized spacial score (nSPS) is 39.4. The van der Waals surface area contributed by atoms with Crippen LogP contribution in [-0.4, -0.2) is 11.9 Å². The standard InChI is InChI=1S/C12H19NO/c1-7(2)11-9-4-5-10(6-9)12(11)13-8(3)14/h4-5,7,9-12H,6H2,1-3H3,(H,13,14). The molecule has 0 spiro atoms. The molecule has 2 nitrogen and oxygen atoms in total. The highest BCUT2D eigenvalue weighted by Crippen LogP contribution is 2.46. The third kappa shape index (κ3) is 1.47. The first-order valence-electron chi connectivity index (χ1n) is 5.55. The monoisotopic (exact) mass is 193 g/mol. The SMILES string of the molecule is CC(=O)NC1C2C=CC(C2)C1C(C)C. The smallest absolute Gasteiger partial charge is 0.217 e. The van der Waals surface area contributed by atoms with E-state index in [4.69, 9.17) is 0 Å². The number of amides is 1. The zero-order valence-electron chi connectivity index (χ0n) is 9.16. The van der Waals surface area contributed by atoms with Crippen LogP contribution in [0.25, 0.3) is 0 Å². The van der Waals surface area contributed by atoms with Gasteiger partial charge in [-0.05, 0) is 30.1 Å². The number of carbonyl (C=O) groups is 1. The number of fused-ring (bicyclic) bond motifs is 2. The molecule has 1 fully saturated rings. The second-order valence-corrected chi connectivity index (χ2v) is 5.00. The molecule has 2 bridgehead atoms. The molecule has 2 rings (SSSR count). The van der Waals surface area contributed by atoms with Gasteiger partial charge < -0.3 is 5.32 Å². The van der Waals surface area contributed by atoms with Gasteiger partial charge in [-0.15, -0.1) is 0 Å². The summed E-state index contributed by atoms with van der Waals surface area (Å²) in [4.78, 5) is 11.1. The lowest BCUT2D eigenvalue weighted by Crippen LogP contribution is -2.43. The first-order chi connectivity index (χ1) is 6.59. The fraction of sp³-hybridized carbons (Fsp3) is 0.750. The Morgan fingerprint density at radius 2 is 2.00 bits per heavy atom. The summed E-state index contributed by atoms with van der Waals surface area (Å²) in [6, 6.07) is 0.391. The minimum absolute atomic E-state index is 0.113. The summed E-state index contributed by atoms with van der Waals surface area (Å²) >= 11 is 0. The van der Waals surface area contributed by atoms with Gasteiger partial charge >= 0.3 is 0 Å². The van der Waals surface area contributed by atoms with Gasteiger partial charge in [0.05, 0.1) is 0 Å². The quantitative estimate of drug-likeness (QED) is 0.667. The van der Waals surface area contributed by atoms with Gasteiger partial charge in [-0.2, -0.15) is 0 Å². The van der Waals surface area contributed by atoms with Gasteiger partial charge in [-0.3, -0.25) is 4.79 Å². The van der Waals surface area contributed by atoms with Crippen molar-refractivity contribution in [2.75, 3.05) is 0 Å². The van der Waals surface area contributed by atoms with Crippen molar-refractivity contribution in [3.8, 4) is 0 Å². The largest absolute Gasteiger partial charge is 0.353 e. The number of allylic oxidation sites excluding steroid dienone is 1. The molecule has 0 aromatic heterocycles. The zero-order valence-corrected chi connectivity index (χ0v) is 9.16. The van der Waals surface area contributed by atoms with E-state index in [1.54, 1.807) is 6.92 Å². The van der Waals surface area contributed by atoms with Gasteiger partial charge in [-0.1, -0.05) is 26.0 Å². The van der Waals surface area contributed by atoms with Gasteiger partial charge in [0, 0.05) is 13.0 Å². The van der Waals surface area contributed by atoms with Crippen LogP contribution in [0.3, 0.4) is 0 Å². The second kappa shape index (κ2) is 3.41. The maximum Gasteiger partial charge on any atom is 0.217 e. The lowest BCUT2D eigenvalue weighted by molar-refractivity contribution is -0.120. The second-order valence-electron chi connectivity index (χ2n) is 5.00. The summed E-state index contributed by atoms with van der Waals surface area (Å²) in [5.74, 6) is 2.72. The Labute approximate surface area is 85.8 Å². The van der Waals surface area contributed by atoms with Crippen LogP contribution in [0.5, 0.6) is 0 Å². The average Bonchev–Trinajstić information content (AvgIpc) is 2.61. The van der Waals surface area contributed by atoms with Crippen molar-refractivity contribution in [2.45, 2.75) is 33.2 Å². The summed E-state index contributed by atoms with van der Waals surface area (Å²) in [7, 11) is 0. The highest BCUT2D eigenvalue weighted by molar-refractivity contribution is 5.73. The van der Waals surface area contributed by atoms with Crippen molar-refractivity contribution >= 4 is 5.91 Å². The van der Waals surface area contributed by atoms with Crippen LogP contribution in [-0.2, 0) is 4.79 Å². The van der Waals surface area contributed by atoms with Gasteiger partial charge in [0.1, 0.15) is 0 Å². The Hall–Kier alpha value is -0.790. The van der Waals surface area contributed by atoms with Crippen LogP contribution in [0.4, 0.5) is 0 Å². The average molecular weight is 193 g/mol. The summed E-state index contributed by atoms with van der Waals surface area (Å²) < 4.78 is 0. The molecule has 0 aromatic rings. The van der Waals surface area contributed by atoms with Gasteiger partial charge in [0.2, 0.25) is 5.91 Å². The fourth-order valence-electron chi connectivity index (χ4n) is 3.21. The number of hydrogen-bond acceptors (Lipinski definition) is 1. The molecular weight excluding hydrogens is 174 g/mol. The Bertz CT molecular complexity index is 269. The number of rotatable bonds is 2. The van der Waals surface area contributed by atoms with E-state index in [2.05, 4.69) is 31.3 Å². The van der Waals surface area contributed by atoms with Crippen molar-refractivity contribution in [3.63, 3.8) is 0 Å². The van der Waals surface area contributed by atoms with Crippen molar-refractivity contribution < 1.29 is 4.79 Å². The first-order valence-corrected chi connectivity index (χ1v) is 5.55. The summed E-state index contributed by atoms with van der Waals surface area (Å²) in [6.45, 7) is 6.13. The van der Waals surface area contributed by atoms with Gasteiger partial charge in [0.15, 0.2) is 0 Å². The molecule has 4 atom stereocenters.